The van der Waals surface area contributed by atoms with Gasteiger partial charge in [-0.3, -0.25) is 4.68 Å². The van der Waals surface area contributed by atoms with Crippen LogP contribution in [0.15, 0.2) is 36.5 Å². The molecule has 2 N–H and O–H groups in total. The summed E-state index contributed by atoms with van der Waals surface area (Å²) in [4.78, 5) is 0. The lowest BCUT2D eigenvalue weighted by Gasteiger charge is -2.16. The second-order valence-electron chi connectivity index (χ2n) is 4.79. The fourth-order valence-corrected chi connectivity index (χ4v) is 2.11. The third-order valence-electron chi connectivity index (χ3n) is 3.02. The first-order valence-electron chi connectivity index (χ1n) is 6.56. The van der Waals surface area contributed by atoms with Crippen molar-refractivity contribution in [3.63, 3.8) is 0 Å². The number of nitrogens with one attached hydrogen (secondary N) is 1. The number of aliphatic hydroxyl groups excluding tert-OH is 1. The highest BCUT2D eigenvalue weighted by molar-refractivity contribution is 6.30. The summed E-state index contributed by atoms with van der Waals surface area (Å²) in [5.74, 6) is 0. The standard InChI is InChI=1S/C14H15ClF3N3O/c15-11-3-1-10(2-4-11)13(8-22)19-7-12-5-6-21(20-12)9-14(16,17)18/h1-6,13,19,22H,7-9H2. The van der Waals surface area contributed by atoms with Crippen LogP contribution in [-0.2, 0) is 13.1 Å². The first-order valence-corrected chi connectivity index (χ1v) is 6.94. The Balaban J connectivity index is 1.94. The van der Waals surface area contributed by atoms with Crippen LogP contribution in [0.5, 0.6) is 0 Å². The van der Waals surface area contributed by atoms with E-state index in [0.717, 1.165) is 10.2 Å². The van der Waals surface area contributed by atoms with Crippen LogP contribution in [0.1, 0.15) is 17.3 Å². The summed E-state index contributed by atoms with van der Waals surface area (Å²) in [6, 6.07) is 8.13. The molecular weight excluding hydrogens is 319 g/mol. The number of alkyl halides is 3. The Bertz CT molecular complexity index is 598. The van der Waals surface area contributed by atoms with Gasteiger partial charge in [-0.2, -0.15) is 18.3 Å². The molecule has 0 fully saturated rings. The van der Waals surface area contributed by atoms with E-state index in [-0.39, 0.29) is 19.2 Å². The Morgan fingerprint density at radius 2 is 1.91 bits per heavy atom. The predicted octanol–water partition coefficient (Wildman–Crippen LogP) is 2.92. The average Bonchev–Trinajstić information content (AvgIpc) is 2.86. The molecule has 0 bridgehead atoms. The van der Waals surface area contributed by atoms with Crippen molar-refractivity contribution in [3.05, 3.63) is 52.8 Å². The molecule has 0 spiro atoms. The molecule has 1 atom stereocenters. The minimum absolute atomic E-state index is 0.148. The lowest BCUT2D eigenvalue weighted by atomic mass is 10.1. The van der Waals surface area contributed by atoms with Gasteiger partial charge in [0.2, 0.25) is 0 Å². The van der Waals surface area contributed by atoms with E-state index in [1.165, 1.54) is 12.3 Å². The summed E-state index contributed by atoms with van der Waals surface area (Å²) in [5.41, 5.74) is 1.30. The van der Waals surface area contributed by atoms with Crippen molar-refractivity contribution in [2.24, 2.45) is 0 Å². The molecule has 22 heavy (non-hydrogen) atoms. The van der Waals surface area contributed by atoms with Crippen molar-refractivity contribution >= 4 is 11.6 Å². The van der Waals surface area contributed by atoms with Crippen LogP contribution in [0.25, 0.3) is 0 Å². The Hall–Kier alpha value is -1.57. The molecule has 0 amide bonds. The molecule has 0 saturated heterocycles. The molecule has 1 aromatic carbocycles. The van der Waals surface area contributed by atoms with Crippen molar-refractivity contribution in [3.8, 4) is 0 Å². The number of benzene rings is 1. The summed E-state index contributed by atoms with van der Waals surface area (Å²) in [7, 11) is 0. The number of hydrogen-bond acceptors (Lipinski definition) is 3. The van der Waals surface area contributed by atoms with Gasteiger partial charge < -0.3 is 10.4 Å². The van der Waals surface area contributed by atoms with Gasteiger partial charge in [0.25, 0.3) is 0 Å². The van der Waals surface area contributed by atoms with Crippen LogP contribution < -0.4 is 5.32 Å². The van der Waals surface area contributed by atoms with E-state index in [1.807, 2.05) is 0 Å². The largest absolute Gasteiger partial charge is 0.408 e. The maximum Gasteiger partial charge on any atom is 0.408 e. The topological polar surface area (TPSA) is 50.1 Å². The molecule has 1 aromatic heterocycles. The Kier molecular flexibility index (Phi) is 5.44. The number of halogens is 4. The maximum absolute atomic E-state index is 12.3. The summed E-state index contributed by atoms with van der Waals surface area (Å²) in [5, 5.41) is 16.9. The molecule has 1 unspecified atom stereocenters. The molecule has 0 aliphatic heterocycles. The van der Waals surface area contributed by atoms with Crippen LogP contribution in [0, 0.1) is 0 Å². The minimum atomic E-state index is -4.30. The van der Waals surface area contributed by atoms with Gasteiger partial charge in [-0.15, -0.1) is 0 Å². The highest BCUT2D eigenvalue weighted by atomic mass is 35.5. The van der Waals surface area contributed by atoms with E-state index in [1.54, 1.807) is 24.3 Å². The van der Waals surface area contributed by atoms with Gasteiger partial charge in [0.1, 0.15) is 6.54 Å². The SMILES string of the molecule is OCC(NCc1ccn(CC(F)(F)F)n1)c1ccc(Cl)cc1. The molecule has 0 radical (unpaired) electrons. The minimum Gasteiger partial charge on any atom is -0.394 e. The number of hydrogen-bond donors (Lipinski definition) is 2. The first-order chi connectivity index (χ1) is 10.4. The van der Waals surface area contributed by atoms with Crippen LogP contribution in [0.3, 0.4) is 0 Å². The second-order valence-corrected chi connectivity index (χ2v) is 5.22. The van der Waals surface area contributed by atoms with Crippen molar-refractivity contribution in [2.45, 2.75) is 25.3 Å². The van der Waals surface area contributed by atoms with Gasteiger partial charge in [-0.25, -0.2) is 0 Å². The highest BCUT2D eigenvalue weighted by Gasteiger charge is 2.28. The van der Waals surface area contributed by atoms with E-state index in [9.17, 15) is 18.3 Å². The third-order valence-corrected chi connectivity index (χ3v) is 3.27. The molecular formula is C14H15ClF3N3O. The molecule has 0 saturated carbocycles. The average molecular weight is 334 g/mol. The van der Waals surface area contributed by atoms with Gasteiger partial charge >= 0.3 is 6.18 Å². The molecule has 1 heterocycles. The maximum atomic E-state index is 12.3. The Morgan fingerprint density at radius 1 is 1.23 bits per heavy atom. The Morgan fingerprint density at radius 3 is 2.50 bits per heavy atom. The summed E-state index contributed by atoms with van der Waals surface area (Å²) < 4.78 is 37.6. The third kappa shape index (κ3) is 5.01. The van der Waals surface area contributed by atoms with E-state index in [0.29, 0.717) is 10.7 Å². The Labute approximate surface area is 130 Å². The van der Waals surface area contributed by atoms with Gasteiger partial charge in [0.15, 0.2) is 0 Å². The number of aliphatic hydroxyl groups is 1. The normalized spacial score (nSPS) is 13.3. The molecule has 8 heteroatoms. The van der Waals surface area contributed by atoms with Crippen molar-refractivity contribution in [1.82, 2.24) is 15.1 Å². The van der Waals surface area contributed by atoms with Crippen LogP contribution in [0.2, 0.25) is 5.02 Å². The van der Waals surface area contributed by atoms with Gasteiger partial charge in [0, 0.05) is 17.8 Å². The van der Waals surface area contributed by atoms with Gasteiger partial charge in [-0.05, 0) is 23.8 Å². The van der Waals surface area contributed by atoms with Crippen molar-refractivity contribution < 1.29 is 18.3 Å². The van der Waals surface area contributed by atoms with Gasteiger partial charge in [-0.1, -0.05) is 23.7 Å². The molecule has 120 valence electrons. The zero-order valence-corrected chi connectivity index (χ0v) is 12.3. The lowest BCUT2D eigenvalue weighted by molar-refractivity contribution is -0.142. The van der Waals surface area contributed by atoms with E-state index in [2.05, 4.69) is 10.4 Å². The predicted molar refractivity (Wildman–Crippen MR) is 76.4 cm³/mol. The van der Waals surface area contributed by atoms with Crippen LogP contribution in [-0.4, -0.2) is 27.7 Å². The van der Waals surface area contributed by atoms with Gasteiger partial charge in [0.05, 0.1) is 18.3 Å². The second kappa shape index (κ2) is 7.13. The molecule has 2 rings (SSSR count). The first kappa shape index (κ1) is 16.8. The van der Waals surface area contributed by atoms with Crippen molar-refractivity contribution in [2.75, 3.05) is 6.61 Å². The quantitative estimate of drug-likeness (QED) is 0.854. The number of nitrogens with zero attached hydrogens (tertiary/aromatic N) is 2. The monoisotopic (exact) mass is 333 g/mol. The van der Waals surface area contributed by atoms with E-state index >= 15 is 0 Å². The molecule has 0 aliphatic carbocycles. The fraction of sp³-hybridized carbons (Fsp3) is 0.357. The smallest absolute Gasteiger partial charge is 0.394 e. The lowest BCUT2D eigenvalue weighted by Crippen LogP contribution is -2.24. The molecule has 2 aromatic rings. The fourth-order valence-electron chi connectivity index (χ4n) is 1.98. The summed E-state index contributed by atoms with van der Waals surface area (Å²) in [6.07, 6.45) is -3.02. The summed E-state index contributed by atoms with van der Waals surface area (Å²) >= 11 is 5.80. The molecule has 0 aliphatic rings. The van der Waals surface area contributed by atoms with Crippen LogP contribution >= 0.6 is 11.6 Å². The van der Waals surface area contributed by atoms with Crippen molar-refractivity contribution in [1.29, 1.82) is 0 Å². The summed E-state index contributed by atoms with van der Waals surface area (Å²) in [6.45, 7) is -1.02. The highest BCUT2D eigenvalue weighted by Crippen LogP contribution is 2.18. The zero-order chi connectivity index (χ0) is 16.2. The van der Waals surface area contributed by atoms with E-state index < -0.39 is 12.7 Å². The number of rotatable bonds is 6. The van der Waals surface area contributed by atoms with E-state index in [4.69, 9.17) is 11.6 Å². The van der Waals surface area contributed by atoms with Crippen LogP contribution in [0.4, 0.5) is 13.2 Å². The zero-order valence-electron chi connectivity index (χ0n) is 11.5. The molecule has 4 nitrogen and oxygen atoms in total. The number of aromatic nitrogens is 2.